The van der Waals surface area contributed by atoms with Gasteiger partial charge in [-0.25, -0.2) is 19.9 Å². The van der Waals surface area contributed by atoms with Gasteiger partial charge in [-0.2, -0.15) is 0 Å². The van der Waals surface area contributed by atoms with Crippen LogP contribution in [0.2, 0.25) is 0 Å². The number of phenols is 2. The van der Waals surface area contributed by atoms with Crippen LogP contribution < -0.4 is 21.3 Å². The number of benzene rings is 4. The number of rotatable bonds is 20. The molecule has 334 valence electrons. The molecule has 1 aliphatic heterocycles. The molecule has 3 heterocycles. The Balaban J connectivity index is 1.22. The minimum atomic E-state index is -0.988. The lowest BCUT2D eigenvalue weighted by Gasteiger charge is -2.47. The highest BCUT2D eigenvalue weighted by molar-refractivity contribution is 5.73. The molecule has 0 aliphatic carbocycles. The first kappa shape index (κ1) is 45.6. The Morgan fingerprint density at radius 2 is 1.48 bits per heavy atom. The maximum atomic E-state index is 11.4. The molecule has 0 amide bonds. The number of carbonyl (C=O) groups is 1. The van der Waals surface area contributed by atoms with E-state index in [1.54, 1.807) is 30.5 Å². The van der Waals surface area contributed by atoms with Crippen molar-refractivity contribution in [3.05, 3.63) is 144 Å². The first-order chi connectivity index (χ1) is 31.0. The highest BCUT2D eigenvalue weighted by atomic mass is 16.4. The van der Waals surface area contributed by atoms with Gasteiger partial charge in [0.2, 0.25) is 11.9 Å². The van der Waals surface area contributed by atoms with E-state index in [9.17, 15) is 20.1 Å². The smallest absolute Gasteiger partial charge is 0.320 e. The van der Waals surface area contributed by atoms with E-state index in [0.29, 0.717) is 50.9 Å². The van der Waals surface area contributed by atoms with Crippen LogP contribution in [0.15, 0.2) is 122 Å². The first-order valence-electron chi connectivity index (χ1n) is 22.1. The molecule has 0 bridgehead atoms. The standard InChI is InChI=1S/C50H60N10O4/c1-4-58(27-23-44(51)48(63)64)33-38-7-5-8-39(29-38)46-21-26-54-50(57-46)59(28-22-37-13-17-43(62)18-14-37)47(60-32-34(2)55-31-35(60)3)41-10-6-9-40(30-41)45-20-25-53-49(56-45)52-24-19-36-11-15-42(61)16-12-36/h5-18,20-21,25-26,29-30,34-35,44,47,55,61-62H,4,19,22-24,27-28,31-33,51H2,1-3H3,(H,63,64)(H,52,53,56)/t34-,35+,44+,47?/m1/s1. The second-order valence-corrected chi connectivity index (χ2v) is 16.6. The summed E-state index contributed by atoms with van der Waals surface area (Å²) in [6.45, 7) is 11.3. The minimum Gasteiger partial charge on any atom is -0.508 e. The predicted molar refractivity (Wildman–Crippen MR) is 252 cm³/mol. The number of carboxylic acids is 1. The zero-order valence-corrected chi connectivity index (χ0v) is 36.9. The number of hydrogen-bond donors (Lipinski definition) is 6. The lowest BCUT2D eigenvalue weighted by molar-refractivity contribution is -0.138. The van der Waals surface area contributed by atoms with Crippen LogP contribution in [-0.4, -0.2) is 108 Å². The second-order valence-electron chi connectivity index (χ2n) is 16.6. The van der Waals surface area contributed by atoms with E-state index in [1.807, 2.05) is 48.7 Å². The summed E-state index contributed by atoms with van der Waals surface area (Å²) in [6, 6.07) is 34.9. The number of phenolic OH excluding ortho intramolecular Hbond substituents is 2. The van der Waals surface area contributed by atoms with Gasteiger partial charge >= 0.3 is 5.97 Å². The molecule has 0 saturated carbocycles. The number of nitrogens with one attached hydrogen (secondary N) is 2. The highest BCUT2D eigenvalue weighted by Crippen LogP contribution is 2.35. The molecular formula is C50H60N10O4. The monoisotopic (exact) mass is 864 g/mol. The minimum absolute atomic E-state index is 0.177. The molecule has 2 aromatic heterocycles. The number of aromatic hydroxyl groups is 2. The number of aromatic nitrogens is 4. The average Bonchev–Trinajstić information content (AvgIpc) is 3.31. The third-order valence-electron chi connectivity index (χ3n) is 11.8. The lowest BCUT2D eigenvalue weighted by atomic mass is 10.0. The van der Waals surface area contributed by atoms with Crippen LogP contribution in [0.1, 0.15) is 55.6 Å². The van der Waals surface area contributed by atoms with E-state index in [2.05, 4.69) is 93.6 Å². The lowest BCUT2D eigenvalue weighted by Crippen LogP contribution is -2.58. The summed E-state index contributed by atoms with van der Waals surface area (Å²) >= 11 is 0. The van der Waals surface area contributed by atoms with Crippen LogP contribution in [0, 0.1) is 0 Å². The van der Waals surface area contributed by atoms with Crippen LogP contribution >= 0.6 is 0 Å². The molecule has 64 heavy (non-hydrogen) atoms. The van der Waals surface area contributed by atoms with E-state index in [1.165, 1.54) is 0 Å². The van der Waals surface area contributed by atoms with Gasteiger partial charge in [-0.15, -0.1) is 0 Å². The van der Waals surface area contributed by atoms with Gasteiger partial charge in [-0.3, -0.25) is 14.6 Å². The van der Waals surface area contributed by atoms with E-state index < -0.39 is 12.0 Å². The summed E-state index contributed by atoms with van der Waals surface area (Å²) in [5.74, 6) is 0.616. The number of carboxylic acid groups (broad SMARTS) is 1. The summed E-state index contributed by atoms with van der Waals surface area (Å²) in [5.41, 5.74) is 13.7. The molecule has 7 N–H and O–H groups in total. The van der Waals surface area contributed by atoms with Crippen molar-refractivity contribution in [1.29, 1.82) is 0 Å². The summed E-state index contributed by atoms with van der Waals surface area (Å²) in [4.78, 5) is 38.2. The fourth-order valence-electron chi connectivity index (χ4n) is 8.16. The summed E-state index contributed by atoms with van der Waals surface area (Å²) in [6.07, 6.45) is 5.15. The zero-order valence-electron chi connectivity index (χ0n) is 36.9. The number of nitrogens with zero attached hydrogens (tertiary/aromatic N) is 7. The van der Waals surface area contributed by atoms with Crippen molar-refractivity contribution in [2.45, 2.75) is 70.9 Å². The molecule has 7 rings (SSSR count). The molecule has 4 atom stereocenters. The fourth-order valence-corrected chi connectivity index (χ4v) is 8.16. The van der Waals surface area contributed by atoms with E-state index >= 15 is 0 Å². The van der Waals surface area contributed by atoms with Gasteiger partial charge in [0.1, 0.15) is 23.7 Å². The Morgan fingerprint density at radius 3 is 2.19 bits per heavy atom. The van der Waals surface area contributed by atoms with E-state index in [-0.39, 0.29) is 29.7 Å². The van der Waals surface area contributed by atoms with Gasteiger partial charge in [0.25, 0.3) is 0 Å². The van der Waals surface area contributed by atoms with Crippen LogP contribution in [0.5, 0.6) is 11.5 Å². The SMILES string of the molecule is CCN(CC[C@H](N)C(=O)O)Cc1cccc(-c2ccnc(N(CCc3ccc(O)cc3)C(c3cccc(-c4ccnc(NCCc5ccc(O)cc5)n4)c3)N3C[C@@H](C)NC[C@@H]3C)n2)c1. The molecule has 4 aromatic carbocycles. The third-order valence-corrected chi connectivity index (χ3v) is 11.8. The van der Waals surface area contributed by atoms with Crippen LogP contribution in [0.4, 0.5) is 11.9 Å². The number of nitrogens with two attached hydrogens (primary N) is 1. The Hall–Kier alpha value is -6.45. The largest absolute Gasteiger partial charge is 0.508 e. The number of hydrogen-bond acceptors (Lipinski definition) is 13. The van der Waals surface area contributed by atoms with Crippen molar-refractivity contribution >= 4 is 17.9 Å². The van der Waals surface area contributed by atoms with Crippen LogP contribution in [0.3, 0.4) is 0 Å². The molecule has 0 spiro atoms. The topological polar surface area (TPSA) is 189 Å². The highest BCUT2D eigenvalue weighted by Gasteiger charge is 2.35. The molecule has 14 heteroatoms. The van der Waals surface area contributed by atoms with Gasteiger partial charge in [0.05, 0.1) is 11.4 Å². The van der Waals surface area contributed by atoms with Crippen molar-refractivity contribution in [2.24, 2.45) is 5.73 Å². The van der Waals surface area contributed by atoms with Crippen LogP contribution in [0.25, 0.3) is 22.5 Å². The maximum absolute atomic E-state index is 11.4. The number of piperazine rings is 1. The molecule has 1 saturated heterocycles. The molecule has 1 aliphatic rings. The van der Waals surface area contributed by atoms with Gasteiger partial charge in [-0.05, 0) is 110 Å². The zero-order chi connectivity index (χ0) is 45.0. The maximum Gasteiger partial charge on any atom is 0.320 e. The quantitative estimate of drug-likeness (QED) is 0.0475. The molecule has 1 unspecified atom stereocenters. The number of aliphatic carboxylic acids is 1. The molecule has 1 fully saturated rings. The molecule has 6 aromatic rings. The predicted octanol–water partition coefficient (Wildman–Crippen LogP) is 6.72. The van der Waals surface area contributed by atoms with Crippen molar-refractivity contribution in [3.8, 4) is 34.0 Å². The van der Waals surface area contributed by atoms with E-state index in [4.69, 9.17) is 20.7 Å². The summed E-state index contributed by atoms with van der Waals surface area (Å²) in [7, 11) is 0. The Morgan fingerprint density at radius 1 is 0.828 bits per heavy atom. The summed E-state index contributed by atoms with van der Waals surface area (Å²) < 4.78 is 0. The first-order valence-corrected chi connectivity index (χ1v) is 22.1. The second kappa shape index (κ2) is 21.8. The Bertz CT molecular complexity index is 2440. The van der Waals surface area contributed by atoms with Crippen molar-refractivity contribution in [3.63, 3.8) is 0 Å². The van der Waals surface area contributed by atoms with Crippen LogP contribution in [-0.2, 0) is 24.2 Å². The number of anilines is 2. The Labute approximate surface area is 375 Å². The normalized spacial score (nSPS) is 16.3. The van der Waals surface area contributed by atoms with Gasteiger partial charge < -0.3 is 36.6 Å². The van der Waals surface area contributed by atoms with Crippen molar-refractivity contribution in [1.82, 2.24) is 35.1 Å². The Kier molecular flexibility index (Phi) is 15.5. The van der Waals surface area contributed by atoms with Crippen molar-refractivity contribution in [2.75, 3.05) is 49.5 Å². The fraction of sp³-hybridized carbons (Fsp3) is 0.340. The molecule has 0 radical (unpaired) electrons. The van der Waals surface area contributed by atoms with Gasteiger partial charge in [0.15, 0.2) is 0 Å². The van der Waals surface area contributed by atoms with Gasteiger partial charge in [-0.1, -0.05) is 67.6 Å². The molecular weight excluding hydrogens is 805 g/mol. The van der Waals surface area contributed by atoms with Gasteiger partial charge in [0, 0.05) is 74.9 Å². The van der Waals surface area contributed by atoms with Crippen molar-refractivity contribution < 1.29 is 20.1 Å². The molecule has 14 nitrogen and oxygen atoms in total. The summed E-state index contributed by atoms with van der Waals surface area (Å²) in [5, 5.41) is 36.1. The third kappa shape index (κ3) is 12.2. The van der Waals surface area contributed by atoms with E-state index in [0.717, 1.165) is 70.8 Å². The average molecular weight is 865 g/mol.